The van der Waals surface area contributed by atoms with Gasteiger partial charge in [0.05, 0.1) is 6.54 Å². The van der Waals surface area contributed by atoms with Crippen LogP contribution in [0.2, 0.25) is 0 Å². The van der Waals surface area contributed by atoms with Gasteiger partial charge in [-0.05, 0) is 50.4 Å². The molecule has 0 bridgehead atoms. The molecule has 6 nitrogen and oxygen atoms in total. The number of rotatable bonds is 7. The quantitative estimate of drug-likeness (QED) is 0.724. The number of carbonyl (C=O) groups excluding carboxylic acids is 2. The van der Waals surface area contributed by atoms with Crippen LogP contribution in [0.5, 0.6) is 5.75 Å². The van der Waals surface area contributed by atoms with Crippen LogP contribution in [0.3, 0.4) is 0 Å². The van der Waals surface area contributed by atoms with Crippen LogP contribution >= 0.6 is 0 Å². The van der Waals surface area contributed by atoms with E-state index in [4.69, 9.17) is 4.74 Å². The molecule has 0 aromatic heterocycles. The predicted octanol–water partition coefficient (Wildman–Crippen LogP) is 2.80. The van der Waals surface area contributed by atoms with E-state index in [0.717, 1.165) is 18.4 Å². The van der Waals surface area contributed by atoms with Gasteiger partial charge in [0.2, 0.25) is 11.8 Å². The molecule has 0 radical (unpaired) electrons. The zero-order valence-electron chi connectivity index (χ0n) is 17.9. The highest BCUT2D eigenvalue weighted by molar-refractivity contribution is 5.78. The number of aryl methyl sites for hydroxylation is 2. The third-order valence-corrected chi connectivity index (χ3v) is 5.07. The Morgan fingerprint density at radius 2 is 1.77 bits per heavy atom. The Labute approximate surface area is 175 Å². The molecule has 1 aliphatic heterocycles. The fraction of sp³-hybridized carbons (Fsp3) is 0.619. The third kappa shape index (κ3) is 7.51. The smallest absolute Gasteiger partial charge is 0.422 e. The molecule has 9 heteroatoms. The number of benzene rings is 1. The fourth-order valence-electron chi connectivity index (χ4n) is 3.74. The van der Waals surface area contributed by atoms with E-state index in [1.54, 1.807) is 37.8 Å². The Morgan fingerprint density at radius 1 is 1.20 bits per heavy atom. The lowest BCUT2D eigenvalue weighted by atomic mass is 10.0. The molecule has 168 valence electrons. The summed E-state index contributed by atoms with van der Waals surface area (Å²) < 4.78 is 42.2. The molecule has 2 rings (SSSR count). The van der Waals surface area contributed by atoms with Gasteiger partial charge in [0.25, 0.3) is 0 Å². The molecule has 30 heavy (non-hydrogen) atoms. The summed E-state index contributed by atoms with van der Waals surface area (Å²) in [5, 5.41) is 3.01. The molecule has 1 N–H and O–H groups in total. The lowest BCUT2D eigenvalue weighted by molar-refractivity contribution is -0.153. The normalized spacial score (nSPS) is 15.4. The van der Waals surface area contributed by atoms with Crippen molar-refractivity contribution in [3.05, 3.63) is 28.8 Å². The predicted molar refractivity (Wildman–Crippen MR) is 107 cm³/mol. The standard InChI is InChI=1S/C21H30F3N3O3/c1-14-9-17(10-15(2)20(14)30-13-21(22,23)24)11-26(4)12-19(29)25-18-5-7-27(8-6-18)16(3)28/h9-10,18H,5-8,11-13H2,1-4H3,(H,25,29). The number of carbonyl (C=O) groups is 2. The number of amides is 2. The largest absolute Gasteiger partial charge is 0.484 e. The second-order valence-corrected chi connectivity index (χ2v) is 7.98. The number of alkyl halides is 3. The van der Waals surface area contributed by atoms with Crippen molar-refractivity contribution in [3.8, 4) is 5.75 Å². The lowest BCUT2D eigenvalue weighted by Crippen LogP contribution is -2.47. The van der Waals surface area contributed by atoms with Crippen LogP contribution in [0.4, 0.5) is 13.2 Å². The number of nitrogens with zero attached hydrogens (tertiary/aromatic N) is 2. The Hall–Kier alpha value is -2.29. The average molecular weight is 429 g/mol. The van der Waals surface area contributed by atoms with E-state index in [-0.39, 0.29) is 30.2 Å². The second-order valence-electron chi connectivity index (χ2n) is 7.98. The van der Waals surface area contributed by atoms with Crippen LogP contribution < -0.4 is 10.1 Å². The second kappa shape index (κ2) is 10.1. The number of likely N-dealkylation sites (tertiary alicyclic amines) is 1. The van der Waals surface area contributed by atoms with Gasteiger partial charge in [-0.15, -0.1) is 0 Å². The Morgan fingerprint density at radius 3 is 2.27 bits per heavy atom. The van der Waals surface area contributed by atoms with Crippen molar-refractivity contribution in [1.82, 2.24) is 15.1 Å². The number of nitrogens with one attached hydrogen (secondary N) is 1. The van der Waals surface area contributed by atoms with E-state index in [2.05, 4.69) is 5.32 Å². The first-order valence-electron chi connectivity index (χ1n) is 9.97. The van der Waals surface area contributed by atoms with Crippen molar-refractivity contribution in [2.75, 3.05) is 33.3 Å². The first-order valence-corrected chi connectivity index (χ1v) is 9.97. The molecular weight excluding hydrogens is 399 g/mol. The van der Waals surface area contributed by atoms with E-state index in [1.807, 2.05) is 11.9 Å². The van der Waals surface area contributed by atoms with Crippen molar-refractivity contribution in [2.24, 2.45) is 0 Å². The summed E-state index contributed by atoms with van der Waals surface area (Å²) in [7, 11) is 1.82. The van der Waals surface area contributed by atoms with E-state index >= 15 is 0 Å². The summed E-state index contributed by atoms with van der Waals surface area (Å²) in [6.45, 7) is 5.64. The van der Waals surface area contributed by atoms with Gasteiger partial charge in [-0.1, -0.05) is 12.1 Å². The van der Waals surface area contributed by atoms with E-state index in [0.29, 0.717) is 30.8 Å². The molecule has 1 heterocycles. The maximum absolute atomic E-state index is 12.4. The van der Waals surface area contributed by atoms with Crippen molar-refractivity contribution in [2.45, 2.75) is 52.4 Å². The monoisotopic (exact) mass is 429 g/mol. The molecule has 1 aromatic rings. The van der Waals surface area contributed by atoms with Crippen molar-refractivity contribution in [1.29, 1.82) is 0 Å². The van der Waals surface area contributed by atoms with Gasteiger partial charge in [0.15, 0.2) is 6.61 Å². The van der Waals surface area contributed by atoms with Crippen LogP contribution in [-0.2, 0) is 16.1 Å². The van der Waals surface area contributed by atoms with Gasteiger partial charge in [-0.25, -0.2) is 0 Å². The summed E-state index contributed by atoms with van der Waals surface area (Å²) >= 11 is 0. The van der Waals surface area contributed by atoms with E-state index in [9.17, 15) is 22.8 Å². The van der Waals surface area contributed by atoms with E-state index < -0.39 is 12.8 Å². The molecular formula is C21H30F3N3O3. The van der Waals surface area contributed by atoms with Crippen LogP contribution in [-0.4, -0.2) is 67.1 Å². The maximum atomic E-state index is 12.4. The fourth-order valence-corrected chi connectivity index (χ4v) is 3.74. The van der Waals surface area contributed by atoms with Crippen molar-refractivity contribution < 1.29 is 27.5 Å². The summed E-state index contributed by atoms with van der Waals surface area (Å²) in [6, 6.07) is 3.63. The summed E-state index contributed by atoms with van der Waals surface area (Å²) in [6.07, 6.45) is -2.90. The molecule has 0 atom stereocenters. The minimum Gasteiger partial charge on any atom is -0.484 e. The maximum Gasteiger partial charge on any atom is 0.422 e. The SMILES string of the molecule is CC(=O)N1CCC(NC(=O)CN(C)Cc2cc(C)c(OCC(F)(F)F)c(C)c2)CC1. The van der Waals surface area contributed by atoms with Gasteiger partial charge >= 0.3 is 6.18 Å². The van der Waals surface area contributed by atoms with Crippen molar-refractivity contribution in [3.63, 3.8) is 0 Å². The topological polar surface area (TPSA) is 61.9 Å². The minimum absolute atomic E-state index is 0.0555. The summed E-state index contributed by atoms with van der Waals surface area (Å²) in [5.41, 5.74) is 2.16. The van der Waals surface area contributed by atoms with Crippen LogP contribution in [0, 0.1) is 13.8 Å². The molecule has 2 amide bonds. The van der Waals surface area contributed by atoms with Gasteiger partial charge < -0.3 is 15.0 Å². The summed E-state index contributed by atoms with van der Waals surface area (Å²) in [4.78, 5) is 27.3. The average Bonchev–Trinajstić information content (AvgIpc) is 2.60. The van der Waals surface area contributed by atoms with Gasteiger partial charge in [-0.2, -0.15) is 13.2 Å². The molecule has 1 aliphatic rings. The Balaban J connectivity index is 1.85. The number of hydrogen-bond acceptors (Lipinski definition) is 4. The molecule has 0 spiro atoms. The molecule has 0 saturated carbocycles. The number of piperidine rings is 1. The lowest BCUT2D eigenvalue weighted by Gasteiger charge is -2.32. The first-order chi connectivity index (χ1) is 13.9. The molecule has 1 saturated heterocycles. The number of halogens is 3. The van der Waals surface area contributed by atoms with Gasteiger partial charge in [0, 0.05) is 32.6 Å². The summed E-state index contributed by atoms with van der Waals surface area (Å²) in [5.74, 6) is 0.214. The molecule has 0 aliphatic carbocycles. The molecule has 0 unspecified atom stereocenters. The van der Waals surface area contributed by atoms with Gasteiger partial charge in [0.1, 0.15) is 5.75 Å². The zero-order chi connectivity index (χ0) is 22.5. The van der Waals surface area contributed by atoms with E-state index in [1.165, 1.54) is 0 Å². The molecule has 1 aromatic carbocycles. The Bertz CT molecular complexity index is 737. The highest BCUT2D eigenvalue weighted by Gasteiger charge is 2.29. The zero-order valence-corrected chi connectivity index (χ0v) is 17.9. The minimum atomic E-state index is -4.38. The number of hydrogen-bond donors (Lipinski definition) is 1. The van der Waals surface area contributed by atoms with Crippen LogP contribution in [0.1, 0.15) is 36.5 Å². The third-order valence-electron chi connectivity index (χ3n) is 5.07. The Kier molecular flexibility index (Phi) is 8.11. The van der Waals surface area contributed by atoms with Crippen LogP contribution in [0.15, 0.2) is 12.1 Å². The first kappa shape index (κ1) is 24.0. The molecule has 1 fully saturated rings. The highest BCUT2D eigenvalue weighted by atomic mass is 19.4. The van der Waals surface area contributed by atoms with Crippen molar-refractivity contribution >= 4 is 11.8 Å². The number of likely N-dealkylation sites (N-methyl/N-ethyl adjacent to an activating group) is 1. The van der Waals surface area contributed by atoms with Crippen LogP contribution in [0.25, 0.3) is 0 Å². The van der Waals surface area contributed by atoms with Gasteiger partial charge in [-0.3, -0.25) is 14.5 Å². The number of ether oxygens (including phenoxy) is 1. The highest BCUT2D eigenvalue weighted by Crippen LogP contribution is 2.27.